The van der Waals surface area contributed by atoms with E-state index in [1.54, 1.807) is 0 Å². The Hall–Kier alpha value is -1.89. The number of aliphatic hydroxyl groups excluding tert-OH is 2. The van der Waals surface area contributed by atoms with Crippen LogP contribution >= 0.6 is 12.6 Å². The van der Waals surface area contributed by atoms with Crippen molar-refractivity contribution in [2.75, 3.05) is 19.0 Å². The minimum atomic E-state index is -1.58. The van der Waals surface area contributed by atoms with Crippen LogP contribution in [0.1, 0.15) is 6.92 Å². The third-order valence-corrected chi connectivity index (χ3v) is 3.21. The third-order valence-electron chi connectivity index (χ3n) is 2.84. The molecule has 0 aliphatic rings. The summed E-state index contributed by atoms with van der Waals surface area (Å²) in [6.07, 6.45) is 0. The standard InChI is InChI=1S/C12H22N4O7S/c1-5(13)9(19)16-8(4-24)11(21)14-6(2-17)10(20)15-7(3-18)12(22)23/h5-8,17-18,24H,2-4,13H2,1H3,(H,14,21)(H,15,20)(H,16,19)(H,22,23). The number of carboxylic acid groups (broad SMARTS) is 1. The highest BCUT2D eigenvalue weighted by Gasteiger charge is 2.28. The van der Waals surface area contributed by atoms with Gasteiger partial charge in [-0.1, -0.05) is 0 Å². The fourth-order valence-corrected chi connectivity index (χ4v) is 1.68. The molecular weight excluding hydrogens is 344 g/mol. The molecule has 24 heavy (non-hydrogen) atoms. The molecule has 4 atom stereocenters. The number of aliphatic hydroxyl groups is 2. The number of carboxylic acids is 1. The lowest BCUT2D eigenvalue weighted by Crippen LogP contribution is -2.58. The van der Waals surface area contributed by atoms with Crippen LogP contribution in [0.2, 0.25) is 0 Å². The summed E-state index contributed by atoms with van der Waals surface area (Å²) in [7, 11) is 0. The average molecular weight is 366 g/mol. The number of rotatable bonds is 10. The number of hydrogen-bond donors (Lipinski definition) is 8. The minimum Gasteiger partial charge on any atom is -0.480 e. The van der Waals surface area contributed by atoms with Gasteiger partial charge in [0, 0.05) is 5.75 Å². The lowest BCUT2D eigenvalue weighted by molar-refractivity contribution is -0.143. The lowest BCUT2D eigenvalue weighted by atomic mass is 10.2. The minimum absolute atomic E-state index is 0.0988. The maximum absolute atomic E-state index is 12.0. The number of aliphatic carboxylic acids is 1. The van der Waals surface area contributed by atoms with Crippen LogP contribution in [0.4, 0.5) is 0 Å². The Kier molecular flexibility index (Phi) is 9.95. The van der Waals surface area contributed by atoms with Crippen LogP contribution in [-0.2, 0) is 19.2 Å². The summed E-state index contributed by atoms with van der Waals surface area (Å²) in [6, 6.07) is -5.03. The number of amides is 3. The molecule has 0 rings (SSSR count). The van der Waals surface area contributed by atoms with Gasteiger partial charge in [0.2, 0.25) is 17.7 Å². The van der Waals surface area contributed by atoms with Gasteiger partial charge in [0.25, 0.3) is 0 Å². The van der Waals surface area contributed by atoms with Crippen LogP contribution in [0.15, 0.2) is 0 Å². The van der Waals surface area contributed by atoms with Gasteiger partial charge in [0.15, 0.2) is 0 Å². The normalized spacial score (nSPS) is 15.5. The second kappa shape index (κ2) is 10.8. The Bertz CT molecular complexity index is 474. The van der Waals surface area contributed by atoms with Crippen LogP contribution < -0.4 is 21.7 Å². The van der Waals surface area contributed by atoms with Crippen LogP contribution in [0, 0.1) is 0 Å². The van der Waals surface area contributed by atoms with Crippen molar-refractivity contribution in [2.45, 2.75) is 31.1 Å². The summed E-state index contributed by atoms with van der Waals surface area (Å²) in [6.45, 7) is -0.277. The predicted molar refractivity (Wildman–Crippen MR) is 85.1 cm³/mol. The van der Waals surface area contributed by atoms with E-state index in [4.69, 9.17) is 15.9 Å². The van der Waals surface area contributed by atoms with E-state index in [1.165, 1.54) is 6.92 Å². The first-order valence-electron chi connectivity index (χ1n) is 6.89. The van der Waals surface area contributed by atoms with Crippen molar-refractivity contribution < 1.29 is 34.5 Å². The molecule has 8 N–H and O–H groups in total. The third kappa shape index (κ3) is 7.12. The zero-order valence-corrected chi connectivity index (χ0v) is 13.8. The molecule has 0 fully saturated rings. The molecule has 0 heterocycles. The highest BCUT2D eigenvalue weighted by Crippen LogP contribution is 1.94. The molecule has 4 unspecified atom stereocenters. The Morgan fingerprint density at radius 2 is 1.33 bits per heavy atom. The van der Waals surface area contributed by atoms with Gasteiger partial charge in [-0.25, -0.2) is 4.79 Å². The smallest absolute Gasteiger partial charge is 0.328 e. The second-order valence-electron chi connectivity index (χ2n) is 4.86. The molecular formula is C12H22N4O7S. The van der Waals surface area contributed by atoms with E-state index in [9.17, 15) is 24.3 Å². The molecule has 0 saturated carbocycles. The van der Waals surface area contributed by atoms with Crippen LogP contribution in [0.25, 0.3) is 0 Å². The second-order valence-corrected chi connectivity index (χ2v) is 5.22. The maximum Gasteiger partial charge on any atom is 0.328 e. The summed E-state index contributed by atoms with van der Waals surface area (Å²) < 4.78 is 0. The topological polar surface area (TPSA) is 191 Å². The summed E-state index contributed by atoms with van der Waals surface area (Å²) in [5.41, 5.74) is 5.36. The molecule has 138 valence electrons. The van der Waals surface area contributed by atoms with Gasteiger partial charge in [-0.3, -0.25) is 14.4 Å². The van der Waals surface area contributed by atoms with E-state index >= 15 is 0 Å². The van der Waals surface area contributed by atoms with E-state index in [-0.39, 0.29) is 5.75 Å². The number of thiol groups is 1. The van der Waals surface area contributed by atoms with Gasteiger partial charge in [-0.2, -0.15) is 12.6 Å². The zero-order chi connectivity index (χ0) is 18.9. The number of carbonyl (C=O) groups excluding carboxylic acids is 3. The van der Waals surface area contributed by atoms with Crippen molar-refractivity contribution in [1.82, 2.24) is 16.0 Å². The van der Waals surface area contributed by atoms with Gasteiger partial charge in [-0.15, -0.1) is 0 Å². The van der Waals surface area contributed by atoms with Crippen LogP contribution in [-0.4, -0.2) is 82.1 Å². The largest absolute Gasteiger partial charge is 0.480 e. The first kappa shape index (κ1) is 22.1. The van der Waals surface area contributed by atoms with E-state index in [1.807, 2.05) is 5.32 Å². The maximum atomic E-state index is 12.0. The van der Waals surface area contributed by atoms with Crippen LogP contribution in [0.5, 0.6) is 0 Å². The van der Waals surface area contributed by atoms with E-state index in [0.29, 0.717) is 0 Å². The molecule has 0 spiro atoms. The molecule has 0 bridgehead atoms. The SMILES string of the molecule is CC(N)C(=O)NC(CS)C(=O)NC(CO)C(=O)NC(CO)C(=O)O. The van der Waals surface area contributed by atoms with Crippen molar-refractivity contribution in [3.8, 4) is 0 Å². The number of nitrogens with one attached hydrogen (secondary N) is 3. The molecule has 0 aromatic carbocycles. The number of hydrogen-bond acceptors (Lipinski definition) is 8. The van der Waals surface area contributed by atoms with Crippen molar-refractivity contribution in [3.63, 3.8) is 0 Å². The van der Waals surface area contributed by atoms with E-state index in [2.05, 4.69) is 23.3 Å². The van der Waals surface area contributed by atoms with Gasteiger partial charge < -0.3 is 37.0 Å². The van der Waals surface area contributed by atoms with Crippen molar-refractivity contribution in [1.29, 1.82) is 0 Å². The van der Waals surface area contributed by atoms with E-state index < -0.39 is 61.1 Å². The number of carbonyl (C=O) groups is 4. The molecule has 0 aliphatic heterocycles. The Labute approximate surface area is 143 Å². The van der Waals surface area contributed by atoms with Gasteiger partial charge >= 0.3 is 5.97 Å². The molecule has 0 aromatic rings. The van der Waals surface area contributed by atoms with Crippen molar-refractivity contribution in [3.05, 3.63) is 0 Å². The fourth-order valence-electron chi connectivity index (χ4n) is 1.42. The Morgan fingerprint density at radius 3 is 1.71 bits per heavy atom. The first-order chi connectivity index (χ1) is 11.2. The average Bonchev–Trinajstić information content (AvgIpc) is 2.53. The summed E-state index contributed by atoms with van der Waals surface area (Å²) in [5.74, 6) is -4.02. The number of nitrogens with two attached hydrogens (primary N) is 1. The summed E-state index contributed by atoms with van der Waals surface area (Å²) in [4.78, 5) is 46.1. The Morgan fingerprint density at radius 1 is 0.917 bits per heavy atom. The fraction of sp³-hybridized carbons (Fsp3) is 0.667. The van der Waals surface area contributed by atoms with Crippen molar-refractivity contribution in [2.24, 2.45) is 5.73 Å². The van der Waals surface area contributed by atoms with Gasteiger partial charge in [0.1, 0.15) is 18.1 Å². The van der Waals surface area contributed by atoms with E-state index in [0.717, 1.165) is 0 Å². The predicted octanol–water partition coefficient (Wildman–Crippen LogP) is -4.21. The molecule has 0 saturated heterocycles. The lowest BCUT2D eigenvalue weighted by Gasteiger charge is -2.22. The zero-order valence-electron chi connectivity index (χ0n) is 12.9. The summed E-state index contributed by atoms with van der Waals surface area (Å²) >= 11 is 3.91. The van der Waals surface area contributed by atoms with Gasteiger partial charge in [0.05, 0.1) is 19.3 Å². The molecule has 11 nitrogen and oxygen atoms in total. The van der Waals surface area contributed by atoms with Crippen molar-refractivity contribution >= 4 is 36.3 Å². The molecule has 0 aromatic heterocycles. The molecule has 0 radical (unpaired) electrons. The molecule has 3 amide bonds. The highest BCUT2D eigenvalue weighted by molar-refractivity contribution is 7.80. The first-order valence-corrected chi connectivity index (χ1v) is 7.53. The monoisotopic (exact) mass is 366 g/mol. The Balaban J connectivity index is 4.83. The highest BCUT2D eigenvalue weighted by atomic mass is 32.1. The molecule has 12 heteroatoms. The summed E-state index contributed by atoms with van der Waals surface area (Å²) in [5, 5.41) is 33.2. The van der Waals surface area contributed by atoms with Crippen LogP contribution in [0.3, 0.4) is 0 Å². The quantitative estimate of drug-likeness (QED) is 0.178. The van der Waals surface area contributed by atoms with Gasteiger partial charge in [-0.05, 0) is 6.92 Å². The molecule has 0 aliphatic carbocycles.